The maximum atomic E-state index is 10.8. The van der Waals surface area contributed by atoms with Crippen LogP contribution in [0.4, 0.5) is 0 Å². The zero-order valence-electron chi connectivity index (χ0n) is 9.22. The molecular weight excluding hydrogens is 164 g/mol. The van der Waals surface area contributed by atoms with Crippen LogP contribution in [0, 0.1) is 11.3 Å². The number of carbonyl (C=O) groups excluding carboxylic acids is 1. The Balaban J connectivity index is 3.92. The standard InChI is InChI=1S/C11H21O2/c1-5-11(4,10(12)13)8-6-7-9(2)3/h9H,5-8H2,1-4H3. The first-order valence-electron chi connectivity index (χ1n) is 5.14. The Morgan fingerprint density at radius 1 is 1.38 bits per heavy atom. The van der Waals surface area contributed by atoms with Crippen molar-refractivity contribution in [3.05, 3.63) is 0 Å². The molecule has 0 heterocycles. The van der Waals surface area contributed by atoms with E-state index in [0.717, 1.165) is 19.3 Å². The first kappa shape index (κ1) is 12.5. The van der Waals surface area contributed by atoms with Gasteiger partial charge >= 0.3 is 5.97 Å². The van der Waals surface area contributed by atoms with Gasteiger partial charge in [-0.15, -0.1) is 0 Å². The molecule has 0 aliphatic carbocycles. The van der Waals surface area contributed by atoms with E-state index < -0.39 is 11.4 Å². The van der Waals surface area contributed by atoms with Gasteiger partial charge in [0.1, 0.15) is 0 Å². The molecular formula is C11H21O2. The Bertz CT molecular complexity index is 163. The third kappa shape index (κ3) is 4.30. The topological polar surface area (TPSA) is 37.0 Å². The van der Waals surface area contributed by atoms with Gasteiger partial charge in [0.15, 0.2) is 0 Å². The highest BCUT2D eigenvalue weighted by molar-refractivity contribution is 5.73. The lowest BCUT2D eigenvalue weighted by atomic mass is 9.82. The fourth-order valence-corrected chi connectivity index (χ4v) is 1.32. The van der Waals surface area contributed by atoms with Crippen LogP contribution >= 0.6 is 0 Å². The molecule has 0 aliphatic rings. The third-order valence-corrected chi connectivity index (χ3v) is 2.78. The van der Waals surface area contributed by atoms with Crippen molar-refractivity contribution in [3.63, 3.8) is 0 Å². The molecule has 0 aromatic rings. The molecule has 0 aromatic carbocycles. The van der Waals surface area contributed by atoms with Gasteiger partial charge in [0, 0.05) is 0 Å². The molecule has 1 unspecified atom stereocenters. The SMILES string of the molecule is CCC(C)(CCCC(C)C)C([O])=O. The molecule has 1 atom stereocenters. The van der Waals surface area contributed by atoms with Gasteiger partial charge in [-0.25, -0.2) is 9.90 Å². The molecule has 0 spiro atoms. The van der Waals surface area contributed by atoms with Crippen LogP contribution in [0.25, 0.3) is 0 Å². The molecule has 2 nitrogen and oxygen atoms in total. The molecule has 0 saturated heterocycles. The van der Waals surface area contributed by atoms with Crippen molar-refractivity contribution in [1.29, 1.82) is 0 Å². The van der Waals surface area contributed by atoms with E-state index in [2.05, 4.69) is 13.8 Å². The number of rotatable bonds is 6. The normalized spacial score (nSPS) is 15.8. The van der Waals surface area contributed by atoms with E-state index in [4.69, 9.17) is 0 Å². The molecule has 0 saturated carbocycles. The Labute approximate surface area is 81.3 Å². The lowest BCUT2D eigenvalue weighted by molar-refractivity contribution is -0.155. The Kier molecular flexibility index (Phi) is 5.04. The highest BCUT2D eigenvalue weighted by Gasteiger charge is 2.31. The van der Waals surface area contributed by atoms with Gasteiger partial charge in [-0.05, 0) is 25.7 Å². The molecule has 0 bridgehead atoms. The van der Waals surface area contributed by atoms with Gasteiger partial charge in [-0.1, -0.05) is 33.6 Å². The summed E-state index contributed by atoms with van der Waals surface area (Å²) in [6.45, 7) is 8.00. The predicted molar refractivity (Wildman–Crippen MR) is 52.8 cm³/mol. The van der Waals surface area contributed by atoms with E-state index >= 15 is 0 Å². The second kappa shape index (κ2) is 5.25. The van der Waals surface area contributed by atoms with Crippen molar-refractivity contribution in [2.24, 2.45) is 11.3 Å². The van der Waals surface area contributed by atoms with Crippen LogP contribution in [0.15, 0.2) is 0 Å². The highest BCUT2D eigenvalue weighted by Crippen LogP contribution is 2.29. The van der Waals surface area contributed by atoms with Crippen LogP contribution in [-0.2, 0) is 9.90 Å². The summed E-state index contributed by atoms with van der Waals surface area (Å²) in [5.41, 5.74) is -0.616. The number of hydrogen-bond donors (Lipinski definition) is 0. The largest absolute Gasteiger partial charge is 0.361 e. The van der Waals surface area contributed by atoms with E-state index in [1.54, 1.807) is 6.92 Å². The molecule has 77 valence electrons. The fraction of sp³-hybridized carbons (Fsp3) is 0.909. The zero-order valence-corrected chi connectivity index (χ0v) is 9.22. The minimum atomic E-state index is -0.904. The van der Waals surface area contributed by atoms with Crippen LogP contribution in [-0.4, -0.2) is 5.97 Å². The zero-order chi connectivity index (χ0) is 10.5. The quantitative estimate of drug-likeness (QED) is 0.626. The first-order valence-corrected chi connectivity index (χ1v) is 5.14. The molecule has 0 rings (SSSR count). The minimum Gasteiger partial charge on any atom is -0.247 e. The Morgan fingerprint density at radius 3 is 2.23 bits per heavy atom. The van der Waals surface area contributed by atoms with Crippen LogP contribution in [0.5, 0.6) is 0 Å². The van der Waals surface area contributed by atoms with Gasteiger partial charge < -0.3 is 0 Å². The Morgan fingerprint density at radius 2 is 1.92 bits per heavy atom. The molecule has 0 N–H and O–H groups in total. The second-order valence-electron chi connectivity index (χ2n) is 4.49. The van der Waals surface area contributed by atoms with Gasteiger partial charge in [-0.2, -0.15) is 0 Å². The molecule has 0 amide bonds. The van der Waals surface area contributed by atoms with Crippen molar-refractivity contribution < 1.29 is 9.90 Å². The molecule has 0 aliphatic heterocycles. The van der Waals surface area contributed by atoms with Gasteiger partial charge in [0.25, 0.3) is 0 Å². The minimum absolute atomic E-state index is 0.616. The van der Waals surface area contributed by atoms with Gasteiger partial charge in [0.05, 0.1) is 5.41 Å². The smallest absolute Gasteiger partial charge is 0.247 e. The summed E-state index contributed by atoms with van der Waals surface area (Å²) in [4.78, 5) is 10.8. The average molecular weight is 185 g/mol. The highest BCUT2D eigenvalue weighted by atomic mass is 16.4. The van der Waals surface area contributed by atoms with Crippen molar-refractivity contribution in [3.8, 4) is 0 Å². The van der Waals surface area contributed by atoms with Gasteiger partial charge in [0.2, 0.25) is 0 Å². The van der Waals surface area contributed by atoms with Crippen molar-refractivity contribution in [1.82, 2.24) is 0 Å². The monoisotopic (exact) mass is 185 g/mol. The van der Waals surface area contributed by atoms with E-state index in [1.165, 1.54) is 0 Å². The third-order valence-electron chi connectivity index (χ3n) is 2.78. The van der Waals surface area contributed by atoms with Crippen LogP contribution in [0.2, 0.25) is 0 Å². The van der Waals surface area contributed by atoms with Crippen molar-refractivity contribution >= 4 is 5.97 Å². The molecule has 13 heavy (non-hydrogen) atoms. The summed E-state index contributed by atoms with van der Waals surface area (Å²) in [6, 6.07) is 0. The summed E-state index contributed by atoms with van der Waals surface area (Å²) < 4.78 is 0. The first-order chi connectivity index (χ1) is 5.92. The average Bonchev–Trinajstić information content (AvgIpc) is 2.03. The molecule has 2 heteroatoms. The fourth-order valence-electron chi connectivity index (χ4n) is 1.32. The predicted octanol–water partition coefficient (Wildman–Crippen LogP) is 3.19. The molecule has 0 fully saturated rings. The van der Waals surface area contributed by atoms with Crippen LogP contribution in [0.3, 0.4) is 0 Å². The van der Waals surface area contributed by atoms with E-state index in [0.29, 0.717) is 12.3 Å². The van der Waals surface area contributed by atoms with E-state index in [-0.39, 0.29) is 0 Å². The van der Waals surface area contributed by atoms with Crippen LogP contribution < -0.4 is 0 Å². The maximum Gasteiger partial charge on any atom is 0.361 e. The van der Waals surface area contributed by atoms with Crippen molar-refractivity contribution in [2.45, 2.75) is 53.4 Å². The summed E-state index contributed by atoms with van der Waals surface area (Å²) in [6.07, 6.45) is 3.48. The lowest BCUT2D eigenvalue weighted by Gasteiger charge is -2.21. The summed E-state index contributed by atoms with van der Waals surface area (Å²) in [5.74, 6) is -0.249. The second-order valence-corrected chi connectivity index (χ2v) is 4.49. The Hall–Kier alpha value is -0.530. The van der Waals surface area contributed by atoms with Crippen molar-refractivity contribution in [2.75, 3.05) is 0 Å². The number of carbonyl (C=O) groups is 1. The lowest BCUT2D eigenvalue weighted by Crippen LogP contribution is -2.25. The van der Waals surface area contributed by atoms with Gasteiger partial charge in [-0.3, -0.25) is 0 Å². The summed E-state index contributed by atoms with van der Waals surface area (Å²) in [5, 5.41) is 10.8. The summed E-state index contributed by atoms with van der Waals surface area (Å²) in [7, 11) is 0. The van der Waals surface area contributed by atoms with E-state index in [9.17, 15) is 9.90 Å². The van der Waals surface area contributed by atoms with E-state index in [1.807, 2.05) is 6.92 Å². The molecule has 0 aromatic heterocycles. The summed E-state index contributed by atoms with van der Waals surface area (Å²) >= 11 is 0. The maximum absolute atomic E-state index is 10.8. The number of hydrogen-bond acceptors (Lipinski definition) is 1. The molecule has 1 radical (unpaired) electrons. The van der Waals surface area contributed by atoms with Crippen LogP contribution in [0.1, 0.15) is 53.4 Å².